The van der Waals surface area contributed by atoms with E-state index in [1.807, 2.05) is 18.2 Å². The zero-order valence-electron chi connectivity index (χ0n) is 14.0. The Hall–Kier alpha value is -2.10. The molecule has 4 heteroatoms. The van der Waals surface area contributed by atoms with Gasteiger partial charge in [0.15, 0.2) is 5.70 Å². The molecule has 122 valence electrons. The molecule has 0 radical (unpaired) electrons. The van der Waals surface area contributed by atoms with E-state index in [0.717, 1.165) is 24.2 Å². The minimum Gasteiger partial charge on any atom is -0.496 e. The fourth-order valence-electron chi connectivity index (χ4n) is 3.15. The summed E-state index contributed by atoms with van der Waals surface area (Å²) in [4.78, 5) is 16.6. The van der Waals surface area contributed by atoms with E-state index < -0.39 is 0 Å². The number of hydrogen-bond donors (Lipinski definition) is 0. The van der Waals surface area contributed by atoms with E-state index in [2.05, 4.69) is 18.8 Å². The normalized spacial score (nSPS) is 20.3. The van der Waals surface area contributed by atoms with Crippen LogP contribution in [0.15, 0.2) is 28.9 Å². The lowest BCUT2D eigenvalue weighted by Crippen LogP contribution is -2.12. The number of benzene rings is 1. The molecule has 0 bridgehead atoms. The van der Waals surface area contributed by atoms with Gasteiger partial charge in [-0.05, 0) is 42.5 Å². The Morgan fingerprint density at radius 3 is 2.70 bits per heavy atom. The monoisotopic (exact) mass is 313 g/mol. The van der Waals surface area contributed by atoms with Crippen LogP contribution in [0.2, 0.25) is 0 Å². The lowest BCUT2D eigenvalue weighted by atomic mass is 10.00. The van der Waals surface area contributed by atoms with E-state index in [4.69, 9.17) is 9.47 Å². The van der Waals surface area contributed by atoms with Crippen molar-refractivity contribution in [2.75, 3.05) is 7.11 Å². The molecule has 0 aromatic heterocycles. The second-order valence-corrected chi connectivity index (χ2v) is 6.51. The first-order valence-electron chi connectivity index (χ1n) is 8.29. The molecule has 4 nitrogen and oxygen atoms in total. The first-order valence-corrected chi connectivity index (χ1v) is 8.29. The fourth-order valence-corrected chi connectivity index (χ4v) is 3.15. The Kier molecular flexibility index (Phi) is 4.51. The molecule has 1 saturated carbocycles. The third kappa shape index (κ3) is 3.31. The highest BCUT2D eigenvalue weighted by molar-refractivity contribution is 6.08. The summed E-state index contributed by atoms with van der Waals surface area (Å²) in [6, 6.07) is 6.03. The topological polar surface area (TPSA) is 47.9 Å². The Morgan fingerprint density at radius 1 is 1.30 bits per heavy atom. The van der Waals surface area contributed by atoms with Crippen molar-refractivity contribution in [2.24, 2.45) is 10.9 Å². The molecule has 0 saturated heterocycles. The Labute approximate surface area is 137 Å². The van der Waals surface area contributed by atoms with Crippen molar-refractivity contribution in [1.29, 1.82) is 0 Å². The summed E-state index contributed by atoms with van der Waals surface area (Å²) >= 11 is 0. The number of carbonyl (C=O) groups excluding carboxylic acids is 1. The number of methoxy groups -OCH3 is 1. The predicted octanol–water partition coefficient (Wildman–Crippen LogP) is 4.31. The van der Waals surface area contributed by atoms with Crippen molar-refractivity contribution in [3.63, 3.8) is 0 Å². The Bertz CT molecular complexity index is 667. The number of aliphatic imine (C=N–C) groups is 1. The van der Waals surface area contributed by atoms with E-state index in [-0.39, 0.29) is 5.97 Å². The number of esters is 1. The highest BCUT2D eigenvalue weighted by atomic mass is 16.6. The maximum atomic E-state index is 12.1. The van der Waals surface area contributed by atoms with Gasteiger partial charge in [-0.2, -0.15) is 0 Å². The number of hydrogen-bond acceptors (Lipinski definition) is 4. The summed E-state index contributed by atoms with van der Waals surface area (Å²) in [5.74, 6) is 1.68. The van der Waals surface area contributed by atoms with E-state index in [0.29, 0.717) is 23.4 Å². The van der Waals surface area contributed by atoms with E-state index in [9.17, 15) is 4.79 Å². The molecule has 0 spiro atoms. The lowest BCUT2D eigenvalue weighted by Gasteiger charge is -2.10. The molecular weight excluding hydrogens is 290 g/mol. The van der Waals surface area contributed by atoms with Gasteiger partial charge in [-0.3, -0.25) is 0 Å². The number of carbonyl (C=O) groups is 1. The Balaban J connectivity index is 1.93. The van der Waals surface area contributed by atoms with Gasteiger partial charge in [0, 0.05) is 11.5 Å². The summed E-state index contributed by atoms with van der Waals surface area (Å²) in [7, 11) is 1.63. The minimum atomic E-state index is -0.357. The van der Waals surface area contributed by atoms with Crippen LogP contribution in [0, 0.1) is 5.92 Å². The molecule has 0 N–H and O–H groups in total. The van der Waals surface area contributed by atoms with Crippen LogP contribution in [-0.4, -0.2) is 19.0 Å². The molecule has 3 rings (SSSR count). The summed E-state index contributed by atoms with van der Waals surface area (Å²) in [6.07, 6.45) is 6.27. The van der Waals surface area contributed by atoms with Crippen LogP contribution < -0.4 is 4.74 Å². The van der Waals surface area contributed by atoms with Gasteiger partial charge in [-0.25, -0.2) is 9.79 Å². The quantitative estimate of drug-likeness (QED) is 0.615. The van der Waals surface area contributed by atoms with Crippen LogP contribution >= 0.6 is 0 Å². The van der Waals surface area contributed by atoms with Crippen molar-refractivity contribution in [3.05, 3.63) is 35.0 Å². The summed E-state index contributed by atoms with van der Waals surface area (Å²) < 4.78 is 10.8. The standard InChI is InChI=1S/C19H23NO3/c1-12(2)14-8-9-17(22-3)15(10-14)11-16-19(21)23-18(20-16)13-6-4-5-7-13/h8-13H,4-7H2,1-3H3/b16-11-. The second kappa shape index (κ2) is 6.57. The average Bonchev–Trinajstić information content (AvgIpc) is 3.17. The zero-order chi connectivity index (χ0) is 16.4. The van der Waals surface area contributed by atoms with Crippen molar-refractivity contribution in [3.8, 4) is 5.75 Å². The third-order valence-corrected chi connectivity index (χ3v) is 4.55. The molecule has 1 aliphatic heterocycles. The molecular formula is C19H23NO3. The summed E-state index contributed by atoms with van der Waals surface area (Å²) in [6.45, 7) is 4.28. The maximum Gasteiger partial charge on any atom is 0.363 e. The number of nitrogens with zero attached hydrogens (tertiary/aromatic N) is 1. The van der Waals surface area contributed by atoms with E-state index in [1.54, 1.807) is 13.2 Å². The second-order valence-electron chi connectivity index (χ2n) is 6.51. The summed E-state index contributed by atoms with van der Waals surface area (Å²) in [5, 5.41) is 0. The van der Waals surface area contributed by atoms with Crippen LogP contribution in [0.3, 0.4) is 0 Å². The van der Waals surface area contributed by atoms with E-state index in [1.165, 1.54) is 18.4 Å². The molecule has 23 heavy (non-hydrogen) atoms. The van der Waals surface area contributed by atoms with Crippen LogP contribution in [0.4, 0.5) is 0 Å². The van der Waals surface area contributed by atoms with Gasteiger partial charge in [0.1, 0.15) is 5.75 Å². The van der Waals surface area contributed by atoms with Crippen molar-refractivity contribution in [1.82, 2.24) is 0 Å². The molecule has 1 aromatic rings. The molecule has 1 heterocycles. The van der Waals surface area contributed by atoms with E-state index >= 15 is 0 Å². The molecule has 0 amide bonds. The number of cyclic esters (lactones) is 1. The highest BCUT2D eigenvalue weighted by Gasteiger charge is 2.31. The lowest BCUT2D eigenvalue weighted by molar-refractivity contribution is -0.130. The van der Waals surface area contributed by atoms with Crippen LogP contribution in [-0.2, 0) is 9.53 Å². The van der Waals surface area contributed by atoms with Crippen LogP contribution in [0.1, 0.15) is 56.6 Å². The zero-order valence-corrected chi connectivity index (χ0v) is 14.0. The van der Waals surface area contributed by atoms with Gasteiger partial charge in [-0.1, -0.05) is 32.8 Å². The minimum absolute atomic E-state index is 0.300. The van der Waals surface area contributed by atoms with Crippen molar-refractivity contribution >= 4 is 17.9 Å². The SMILES string of the molecule is COc1ccc(C(C)C)cc1/C=C1\N=C(C2CCCC2)OC1=O. The third-order valence-electron chi connectivity index (χ3n) is 4.55. The molecule has 1 aliphatic carbocycles. The first-order chi connectivity index (χ1) is 11.1. The maximum absolute atomic E-state index is 12.1. The fraction of sp³-hybridized carbons (Fsp3) is 0.474. The van der Waals surface area contributed by atoms with Gasteiger partial charge in [0.05, 0.1) is 7.11 Å². The molecule has 1 fully saturated rings. The van der Waals surface area contributed by atoms with Gasteiger partial charge >= 0.3 is 5.97 Å². The largest absolute Gasteiger partial charge is 0.496 e. The van der Waals surface area contributed by atoms with Gasteiger partial charge in [0.25, 0.3) is 0 Å². The summed E-state index contributed by atoms with van der Waals surface area (Å²) in [5.41, 5.74) is 2.43. The van der Waals surface area contributed by atoms with Crippen molar-refractivity contribution in [2.45, 2.75) is 45.4 Å². The van der Waals surface area contributed by atoms with Crippen molar-refractivity contribution < 1.29 is 14.3 Å². The molecule has 0 unspecified atom stereocenters. The molecule has 0 atom stereocenters. The Morgan fingerprint density at radius 2 is 2.04 bits per heavy atom. The predicted molar refractivity (Wildman–Crippen MR) is 90.5 cm³/mol. The van der Waals surface area contributed by atoms with Gasteiger partial charge < -0.3 is 9.47 Å². The number of ether oxygens (including phenoxy) is 2. The first kappa shape index (κ1) is 15.8. The number of rotatable bonds is 4. The smallest absolute Gasteiger partial charge is 0.363 e. The van der Waals surface area contributed by atoms with Gasteiger partial charge in [0.2, 0.25) is 5.90 Å². The van der Waals surface area contributed by atoms with Gasteiger partial charge in [-0.15, -0.1) is 0 Å². The molecule has 2 aliphatic rings. The van der Waals surface area contributed by atoms with Crippen LogP contribution in [0.5, 0.6) is 5.75 Å². The average molecular weight is 313 g/mol. The molecule has 1 aromatic carbocycles. The highest BCUT2D eigenvalue weighted by Crippen LogP contribution is 2.32. The van der Waals surface area contributed by atoms with Crippen LogP contribution in [0.25, 0.3) is 6.08 Å².